The van der Waals surface area contributed by atoms with Crippen LogP contribution in [-0.4, -0.2) is 42.2 Å². The van der Waals surface area contributed by atoms with Gasteiger partial charge in [0.2, 0.25) is 0 Å². The van der Waals surface area contributed by atoms with Crippen molar-refractivity contribution in [1.82, 2.24) is 4.90 Å². The van der Waals surface area contributed by atoms with Gasteiger partial charge in [0.05, 0.1) is 6.61 Å². The third-order valence-corrected chi connectivity index (χ3v) is 3.05. The molecule has 1 aromatic carbocycles. The Kier molecular flexibility index (Phi) is 5.83. The summed E-state index contributed by atoms with van der Waals surface area (Å²) in [7, 11) is 0. The Balaban J connectivity index is 2.69. The van der Waals surface area contributed by atoms with Gasteiger partial charge in [-0.25, -0.2) is 0 Å². The Hall–Kier alpha value is -1.55. The Labute approximate surface area is 115 Å². The van der Waals surface area contributed by atoms with E-state index in [0.717, 1.165) is 16.9 Å². The zero-order valence-electron chi connectivity index (χ0n) is 12.2. The van der Waals surface area contributed by atoms with Gasteiger partial charge in [0.15, 0.2) is 6.61 Å². The smallest absolute Gasteiger partial charge is 0.260 e. The van der Waals surface area contributed by atoms with E-state index in [0.29, 0.717) is 13.1 Å². The zero-order valence-corrected chi connectivity index (χ0v) is 12.2. The molecule has 0 aliphatic carbocycles. The number of aliphatic hydroxyl groups is 1. The lowest BCUT2D eigenvalue weighted by Crippen LogP contribution is -2.36. The monoisotopic (exact) mass is 265 g/mol. The quantitative estimate of drug-likeness (QED) is 0.853. The number of rotatable bonds is 6. The molecule has 0 unspecified atom stereocenters. The van der Waals surface area contributed by atoms with Crippen molar-refractivity contribution >= 4 is 5.91 Å². The van der Waals surface area contributed by atoms with Gasteiger partial charge in [-0.05, 0) is 38.8 Å². The van der Waals surface area contributed by atoms with E-state index in [4.69, 9.17) is 9.84 Å². The van der Waals surface area contributed by atoms with Crippen molar-refractivity contribution in [3.05, 3.63) is 28.8 Å². The van der Waals surface area contributed by atoms with Gasteiger partial charge in [0.1, 0.15) is 5.75 Å². The van der Waals surface area contributed by atoms with Crippen LogP contribution in [0.4, 0.5) is 0 Å². The molecule has 0 saturated carbocycles. The van der Waals surface area contributed by atoms with Gasteiger partial charge in [0.25, 0.3) is 5.91 Å². The summed E-state index contributed by atoms with van der Waals surface area (Å²) in [6, 6.07) is 4.08. The van der Waals surface area contributed by atoms with E-state index in [-0.39, 0.29) is 19.1 Å². The number of amides is 1. The molecule has 0 bridgehead atoms. The van der Waals surface area contributed by atoms with E-state index in [1.54, 1.807) is 4.90 Å². The first-order valence-corrected chi connectivity index (χ1v) is 6.58. The molecule has 0 aliphatic rings. The van der Waals surface area contributed by atoms with E-state index < -0.39 is 0 Å². The van der Waals surface area contributed by atoms with E-state index in [2.05, 4.69) is 0 Å². The molecule has 0 aliphatic heterocycles. The van der Waals surface area contributed by atoms with E-state index >= 15 is 0 Å². The van der Waals surface area contributed by atoms with Crippen LogP contribution >= 0.6 is 0 Å². The number of benzene rings is 1. The van der Waals surface area contributed by atoms with Crippen LogP contribution in [-0.2, 0) is 4.79 Å². The predicted octanol–water partition coefficient (Wildman–Crippen LogP) is 1.83. The summed E-state index contributed by atoms with van der Waals surface area (Å²) < 4.78 is 5.64. The SMILES string of the molecule is CCN(CCO)C(=O)COc1c(C)cc(C)cc1C. The molecule has 0 atom stereocenters. The largest absolute Gasteiger partial charge is 0.483 e. The lowest BCUT2D eigenvalue weighted by atomic mass is 10.1. The number of ether oxygens (including phenoxy) is 1. The molecule has 1 rings (SSSR count). The highest BCUT2D eigenvalue weighted by Gasteiger charge is 2.13. The van der Waals surface area contributed by atoms with Crippen LogP contribution < -0.4 is 4.74 Å². The summed E-state index contributed by atoms with van der Waals surface area (Å²) in [6.07, 6.45) is 0. The molecule has 0 radical (unpaired) electrons. The molecule has 1 aromatic rings. The number of carbonyl (C=O) groups excluding carboxylic acids is 1. The van der Waals surface area contributed by atoms with Crippen LogP contribution in [0, 0.1) is 20.8 Å². The number of carbonyl (C=O) groups is 1. The van der Waals surface area contributed by atoms with Gasteiger partial charge >= 0.3 is 0 Å². The maximum Gasteiger partial charge on any atom is 0.260 e. The molecule has 106 valence electrons. The number of hydrogen-bond donors (Lipinski definition) is 1. The Morgan fingerprint density at radius 2 is 1.84 bits per heavy atom. The van der Waals surface area contributed by atoms with Crippen LogP contribution in [0.1, 0.15) is 23.6 Å². The average Bonchev–Trinajstić information content (AvgIpc) is 2.34. The Morgan fingerprint density at radius 3 is 2.32 bits per heavy atom. The predicted molar refractivity (Wildman–Crippen MR) is 75.5 cm³/mol. The highest BCUT2D eigenvalue weighted by Crippen LogP contribution is 2.24. The second-order valence-corrected chi connectivity index (χ2v) is 4.71. The Bertz CT molecular complexity index is 420. The number of aryl methyl sites for hydroxylation is 3. The van der Waals surface area contributed by atoms with Crippen molar-refractivity contribution in [1.29, 1.82) is 0 Å². The fraction of sp³-hybridized carbons (Fsp3) is 0.533. The minimum atomic E-state index is -0.101. The molecule has 0 saturated heterocycles. The van der Waals surface area contributed by atoms with Gasteiger partial charge < -0.3 is 14.7 Å². The third kappa shape index (κ3) is 4.24. The van der Waals surface area contributed by atoms with Gasteiger partial charge in [-0.2, -0.15) is 0 Å². The summed E-state index contributed by atoms with van der Waals surface area (Å²) >= 11 is 0. The van der Waals surface area contributed by atoms with Crippen LogP contribution in [0.3, 0.4) is 0 Å². The average molecular weight is 265 g/mol. The van der Waals surface area contributed by atoms with E-state index in [1.807, 2.05) is 39.8 Å². The lowest BCUT2D eigenvalue weighted by Gasteiger charge is -2.20. The van der Waals surface area contributed by atoms with Crippen molar-refractivity contribution in [2.75, 3.05) is 26.3 Å². The van der Waals surface area contributed by atoms with Gasteiger partial charge in [0, 0.05) is 13.1 Å². The Morgan fingerprint density at radius 1 is 1.26 bits per heavy atom. The molecule has 0 aromatic heterocycles. The van der Waals surface area contributed by atoms with Crippen LogP contribution in [0.5, 0.6) is 5.75 Å². The molecule has 1 amide bonds. The summed E-state index contributed by atoms with van der Waals surface area (Å²) in [4.78, 5) is 13.5. The molecular formula is C15H23NO3. The minimum Gasteiger partial charge on any atom is -0.483 e. The molecule has 1 N–H and O–H groups in total. The molecular weight excluding hydrogens is 242 g/mol. The van der Waals surface area contributed by atoms with Gasteiger partial charge in [-0.3, -0.25) is 4.79 Å². The molecule has 0 heterocycles. The highest BCUT2D eigenvalue weighted by molar-refractivity contribution is 5.77. The first-order valence-electron chi connectivity index (χ1n) is 6.58. The zero-order chi connectivity index (χ0) is 14.4. The third-order valence-electron chi connectivity index (χ3n) is 3.05. The summed E-state index contributed by atoms with van der Waals surface area (Å²) in [5, 5.41) is 8.89. The van der Waals surface area contributed by atoms with Crippen molar-refractivity contribution in [2.24, 2.45) is 0 Å². The lowest BCUT2D eigenvalue weighted by molar-refractivity contribution is -0.133. The fourth-order valence-electron chi connectivity index (χ4n) is 2.20. The number of hydrogen-bond acceptors (Lipinski definition) is 3. The maximum absolute atomic E-state index is 11.9. The van der Waals surface area contributed by atoms with Crippen molar-refractivity contribution in [2.45, 2.75) is 27.7 Å². The van der Waals surface area contributed by atoms with Crippen LogP contribution in [0.2, 0.25) is 0 Å². The molecule has 19 heavy (non-hydrogen) atoms. The molecule has 4 heteroatoms. The first-order chi connectivity index (χ1) is 8.99. The van der Waals surface area contributed by atoms with Crippen molar-refractivity contribution in [3.63, 3.8) is 0 Å². The topological polar surface area (TPSA) is 49.8 Å². The standard InChI is InChI=1S/C15H23NO3/c1-5-16(6-7-17)14(18)10-19-15-12(3)8-11(2)9-13(15)4/h8-9,17H,5-7,10H2,1-4H3. The maximum atomic E-state index is 11.9. The summed E-state index contributed by atoms with van der Waals surface area (Å²) in [5.74, 6) is 0.676. The van der Waals surface area contributed by atoms with E-state index in [1.165, 1.54) is 5.56 Å². The van der Waals surface area contributed by atoms with Gasteiger partial charge in [-0.15, -0.1) is 0 Å². The van der Waals surface area contributed by atoms with Crippen molar-refractivity contribution in [3.8, 4) is 5.75 Å². The normalized spacial score (nSPS) is 10.4. The number of nitrogens with zero attached hydrogens (tertiary/aromatic N) is 1. The minimum absolute atomic E-state index is 0.0125. The first kappa shape index (κ1) is 15.5. The second kappa shape index (κ2) is 7.14. The van der Waals surface area contributed by atoms with Gasteiger partial charge in [-0.1, -0.05) is 17.7 Å². The van der Waals surface area contributed by atoms with Crippen LogP contribution in [0.25, 0.3) is 0 Å². The molecule has 0 spiro atoms. The molecule has 0 fully saturated rings. The number of aliphatic hydroxyl groups excluding tert-OH is 1. The van der Waals surface area contributed by atoms with Crippen LogP contribution in [0.15, 0.2) is 12.1 Å². The van der Waals surface area contributed by atoms with E-state index in [9.17, 15) is 4.79 Å². The molecule has 4 nitrogen and oxygen atoms in total. The second-order valence-electron chi connectivity index (χ2n) is 4.71. The summed E-state index contributed by atoms with van der Waals surface area (Å²) in [5.41, 5.74) is 3.26. The fourth-order valence-corrected chi connectivity index (χ4v) is 2.20. The number of likely N-dealkylation sites (N-methyl/N-ethyl adjacent to an activating group) is 1. The summed E-state index contributed by atoms with van der Waals surface area (Å²) in [6.45, 7) is 8.79. The van der Waals surface area contributed by atoms with Crippen molar-refractivity contribution < 1.29 is 14.6 Å². The highest BCUT2D eigenvalue weighted by atomic mass is 16.5.